The summed E-state index contributed by atoms with van der Waals surface area (Å²) in [5.74, 6) is -2.59. The van der Waals surface area contributed by atoms with Crippen LogP contribution in [0.3, 0.4) is 0 Å². The first-order chi connectivity index (χ1) is 7.82. The van der Waals surface area contributed by atoms with Crippen molar-refractivity contribution in [1.82, 2.24) is 0 Å². The molecule has 0 bridgehead atoms. The SMILES string of the molecule is CC(C)Nc1cc(C(=O)O)c(F)cc1[N+](=O)[O-]. The molecule has 0 unspecified atom stereocenters. The van der Waals surface area contributed by atoms with Crippen LogP contribution in [0.1, 0.15) is 24.2 Å². The average Bonchev–Trinajstić information content (AvgIpc) is 2.18. The van der Waals surface area contributed by atoms with Crippen LogP contribution in [0.5, 0.6) is 0 Å². The van der Waals surface area contributed by atoms with Gasteiger partial charge in [-0.2, -0.15) is 0 Å². The van der Waals surface area contributed by atoms with Crippen molar-refractivity contribution in [2.75, 3.05) is 5.32 Å². The van der Waals surface area contributed by atoms with Crippen LogP contribution in [0, 0.1) is 15.9 Å². The maximum absolute atomic E-state index is 13.3. The minimum absolute atomic E-state index is 0.0104. The van der Waals surface area contributed by atoms with Gasteiger partial charge in [0.15, 0.2) is 0 Å². The van der Waals surface area contributed by atoms with Crippen molar-refractivity contribution in [2.45, 2.75) is 19.9 Å². The van der Waals surface area contributed by atoms with Gasteiger partial charge in [-0.05, 0) is 19.9 Å². The van der Waals surface area contributed by atoms with Crippen LogP contribution in [-0.2, 0) is 0 Å². The molecule has 0 radical (unpaired) electrons. The molecule has 92 valence electrons. The standard InChI is InChI=1S/C10H11FN2O4/c1-5(2)12-8-3-6(10(14)15)7(11)4-9(8)13(16)17/h3-5,12H,1-2H3,(H,14,15). The van der Waals surface area contributed by atoms with Crippen molar-refractivity contribution in [1.29, 1.82) is 0 Å². The van der Waals surface area contributed by atoms with E-state index in [0.29, 0.717) is 6.07 Å². The third kappa shape index (κ3) is 2.90. The Hall–Kier alpha value is -2.18. The van der Waals surface area contributed by atoms with E-state index in [-0.39, 0.29) is 11.7 Å². The van der Waals surface area contributed by atoms with Gasteiger partial charge < -0.3 is 10.4 Å². The first-order valence-corrected chi connectivity index (χ1v) is 4.80. The highest BCUT2D eigenvalue weighted by Gasteiger charge is 2.21. The van der Waals surface area contributed by atoms with Gasteiger partial charge in [-0.15, -0.1) is 0 Å². The molecule has 7 heteroatoms. The van der Waals surface area contributed by atoms with Crippen molar-refractivity contribution in [2.24, 2.45) is 0 Å². The van der Waals surface area contributed by atoms with Gasteiger partial charge in [-0.25, -0.2) is 9.18 Å². The van der Waals surface area contributed by atoms with E-state index in [9.17, 15) is 19.3 Å². The van der Waals surface area contributed by atoms with E-state index in [0.717, 1.165) is 6.07 Å². The van der Waals surface area contributed by atoms with E-state index in [1.165, 1.54) is 0 Å². The molecule has 1 aromatic rings. The number of benzene rings is 1. The van der Waals surface area contributed by atoms with E-state index in [1.54, 1.807) is 13.8 Å². The first kappa shape index (κ1) is 12.9. The second kappa shape index (κ2) is 4.77. The summed E-state index contributed by atoms with van der Waals surface area (Å²) >= 11 is 0. The number of aromatic carboxylic acids is 1. The lowest BCUT2D eigenvalue weighted by Crippen LogP contribution is -2.13. The number of rotatable bonds is 4. The summed E-state index contributed by atoms with van der Waals surface area (Å²) in [5.41, 5.74) is -1.09. The minimum Gasteiger partial charge on any atom is -0.478 e. The number of anilines is 1. The topological polar surface area (TPSA) is 92.5 Å². The van der Waals surface area contributed by atoms with Crippen molar-refractivity contribution in [3.63, 3.8) is 0 Å². The Bertz CT molecular complexity index is 474. The molecule has 0 aliphatic carbocycles. The quantitative estimate of drug-likeness (QED) is 0.624. The lowest BCUT2D eigenvalue weighted by atomic mass is 10.1. The zero-order chi connectivity index (χ0) is 13.2. The maximum atomic E-state index is 13.3. The predicted octanol–water partition coefficient (Wildman–Crippen LogP) is 2.25. The molecule has 17 heavy (non-hydrogen) atoms. The van der Waals surface area contributed by atoms with E-state index < -0.39 is 28.0 Å². The van der Waals surface area contributed by atoms with Gasteiger partial charge in [-0.3, -0.25) is 10.1 Å². The third-order valence-corrected chi connectivity index (χ3v) is 1.96. The molecule has 6 nitrogen and oxygen atoms in total. The molecule has 0 amide bonds. The highest BCUT2D eigenvalue weighted by Crippen LogP contribution is 2.28. The molecule has 0 aliphatic heterocycles. The maximum Gasteiger partial charge on any atom is 0.338 e. The van der Waals surface area contributed by atoms with Gasteiger partial charge in [0.1, 0.15) is 11.5 Å². The molecule has 0 heterocycles. The normalized spacial score (nSPS) is 10.4. The molecule has 0 saturated carbocycles. The number of nitro groups is 1. The smallest absolute Gasteiger partial charge is 0.338 e. The summed E-state index contributed by atoms with van der Waals surface area (Å²) in [5, 5.41) is 22.1. The Morgan fingerprint density at radius 3 is 2.53 bits per heavy atom. The van der Waals surface area contributed by atoms with E-state index >= 15 is 0 Å². The fourth-order valence-electron chi connectivity index (χ4n) is 1.30. The summed E-state index contributed by atoms with van der Waals surface area (Å²) in [7, 11) is 0. The average molecular weight is 242 g/mol. The Kier molecular flexibility index (Phi) is 3.62. The fraction of sp³-hybridized carbons (Fsp3) is 0.300. The van der Waals surface area contributed by atoms with Crippen LogP contribution in [0.15, 0.2) is 12.1 Å². The molecular weight excluding hydrogens is 231 g/mol. The lowest BCUT2D eigenvalue weighted by molar-refractivity contribution is -0.384. The summed E-state index contributed by atoms with van der Waals surface area (Å²) in [6.45, 7) is 3.46. The molecular formula is C10H11FN2O4. The van der Waals surface area contributed by atoms with Crippen molar-refractivity contribution in [3.05, 3.63) is 33.6 Å². The van der Waals surface area contributed by atoms with Gasteiger partial charge >= 0.3 is 5.97 Å². The Labute approximate surface area is 96.2 Å². The van der Waals surface area contributed by atoms with Gasteiger partial charge in [0.2, 0.25) is 0 Å². The van der Waals surface area contributed by atoms with Gasteiger partial charge in [0.25, 0.3) is 5.69 Å². The lowest BCUT2D eigenvalue weighted by Gasteiger charge is -2.11. The van der Waals surface area contributed by atoms with Crippen molar-refractivity contribution in [3.8, 4) is 0 Å². The van der Waals surface area contributed by atoms with Crippen molar-refractivity contribution >= 4 is 17.3 Å². The molecule has 0 fully saturated rings. The second-order valence-corrected chi connectivity index (χ2v) is 3.71. The second-order valence-electron chi connectivity index (χ2n) is 3.71. The van der Waals surface area contributed by atoms with Gasteiger partial charge in [0, 0.05) is 6.04 Å². The first-order valence-electron chi connectivity index (χ1n) is 4.80. The van der Waals surface area contributed by atoms with E-state index in [2.05, 4.69) is 5.32 Å². The number of halogens is 1. The highest BCUT2D eigenvalue weighted by molar-refractivity contribution is 5.90. The summed E-state index contributed by atoms with van der Waals surface area (Å²) in [4.78, 5) is 20.6. The number of nitrogens with zero attached hydrogens (tertiary/aromatic N) is 1. The molecule has 0 spiro atoms. The van der Waals surface area contributed by atoms with E-state index in [4.69, 9.17) is 5.11 Å². The Morgan fingerprint density at radius 1 is 1.53 bits per heavy atom. The largest absolute Gasteiger partial charge is 0.478 e. The Balaban J connectivity index is 3.36. The summed E-state index contributed by atoms with van der Waals surface area (Å²) < 4.78 is 13.3. The van der Waals surface area contributed by atoms with Crippen molar-refractivity contribution < 1.29 is 19.2 Å². The fourth-order valence-corrected chi connectivity index (χ4v) is 1.30. The van der Waals surface area contributed by atoms with Crippen LogP contribution in [0.4, 0.5) is 15.8 Å². The van der Waals surface area contributed by atoms with Crippen LogP contribution >= 0.6 is 0 Å². The third-order valence-electron chi connectivity index (χ3n) is 1.96. The number of carboxylic acid groups (broad SMARTS) is 1. The van der Waals surface area contributed by atoms with Crippen LogP contribution < -0.4 is 5.32 Å². The summed E-state index contributed by atoms with van der Waals surface area (Å²) in [6.07, 6.45) is 0. The number of hydrogen-bond donors (Lipinski definition) is 2. The zero-order valence-corrected chi connectivity index (χ0v) is 9.23. The van der Waals surface area contributed by atoms with Crippen LogP contribution in [0.2, 0.25) is 0 Å². The Morgan fingerprint density at radius 2 is 2.12 bits per heavy atom. The summed E-state index contributed by atoms with van der Waals surface area (Å²) in [6, 6.07) is 1.39. The molecule has 2 N–H and O–H groups in total. The molecule has 1 rings (SSSR count). The number of carbonyl (C=O) groups is 1. The molecule has 0 aromatic heterocycles. The number of nitro benzene ring substituents is 1. The highest BCUT2D eigenvalue weighted by atomic mass is 19.1. The molecule has 0 aliphatic rings. The zero-order valence-electron chi connectivity index (χ0n) is 9.23. The predicted molar refractivity (Wildman–Crippen MR) is 58.8 cm³/mol. The molecule has 1 aromatic carbocycles. The van der Waals surface area contributed by atoms with Crippen LogP contribution in [0.25, 0.3) is 0 Å². The monoisotopic (exact) mass is 242 g/mol. The van der Waals surface area contributed by atoms with Gasteiger partial charge in [0.05, 0.1) is 16.6 Å². The number of nitrogens with one attached hydrogen (secondary N) is 1. The van der Waals surface area contributed by atoms with Gasteiger partial charge in [-0.1, -0.05) is 0 Å². The van der Waals surface area contributed by atoms with E-state index in [1.807, 2.05) is 0 Å². The molecule has 0 atom stereocenters. The number of hydrogen-bond acceptors (Lipinski definition) is 4. The molecule has 0 saturated heterocycles. The number of carboxylic acids is 1. The van der Waals surface area contributed by atoms with Crippen LogP contribution in [-0.4, -0.2) is 22.0 Å². The minimum atomic E-state index is -1.47.